The highest BCUT2D eigenvalue weighted by atomic mass is 16.6. The minimum absolute atomic E-state index is 0.0100. The van der Waals surface area contributed by atoms with Crippen LogP contribution >= 0.6 is 0 Å². The Labute approximate surface area is 141 Å². The van der Waals surface area contributed by atoms with E-state index in [-0.39, 0.29) is 18.0 Å². The number of ether oxygens (including phenoxy) is 2. The maximum absolute atomic E-state index is 12.9. The summed E-state index contributed by atoms with van der Waals surface area (Å²) in [5, 5.41) is 0. The van der Waals surface area contributed by atoms with Crippen LogP contribution in [-0.2, 0) is 25.5 Å². The smallest absolute Gasteiger partial charge is 0.312 e. The van der Waals surface area contributed by atoms with E-state index in [2.05, 4.69) is 12.1 Å². The van der Waals surface area contributed by atoms with E-state index in [1.807, 2.05) is 35.3 Å². The van der Waals surface area contributed by atoms with Gasteiger partial charge in [0.1, 0.15) is 11.5 Å². The topological polar surface area (TPSA) is 55.8 Å². The summed E-state index contributed by atoms with van der Waals surface area (Å²) in [6.45, 7) is 3.25. The van der Waals surface area contributed by atoms with Crippen molar-refractivity contribution in [1.29, 1.82) is 0 Å². The zero-order chi connectivity index (χ0) is 16.7. The SMILES string of the molecule is CCOC(=O)C1[C@H]2C=CC3(CN(CCc4ccccc4)C(=O)[C@@H]13)O2. The van der Waals surface area contributed by atoms with Crippen LogP contribution in [0.1, 0.15) is 12.5 Å². The lowest BCUT2D eigenvalue weighted by atomic mass is 9.77. The number of amides is 1. The molecule has 126 valence electrons. The zero-order valence-corrected chi connectivity index (χ0v) is 13.7. The molecule has 2 unspecified atom stereocenters. The number of fused-ring (bicyclic) bond motifs is 1. The van der Waals surface area contributed by atoms with Gasteiger partial charge in [-0.15, -0.1) is 0 Å². The Morgan fingerprint density at radius 2 is 2.17 bits per heavy atom. The van der Waals surface area contributed by atoms with E-state index in [1.165, 1.54) is 5.56 Å². The number of hydrogen-bond acceptors (Lipinski definition) is 4. The van der Waals surface area contributed by atoms with E-state index in [0.29, 0.717) is 19.7 Å². The van der Waals surface area contributed by atoms with E-state index >= 15 is 0 Å². The lowest BCUT2D eigenvalue weighted by Crippen LogP contribution is -2.40. The Morgan fingerprint density at radius 3 is 2.92 bits per heavy atom. The molecule has 1 aromatic rings. The molecule has 5 nitrogen and oxygen atoms in total. The number of carbonyl (C=O) groups excluding carboxylic acids is 2. The highest BCUT2D eigenvalue weighted by molar-refractivity contribution is 5.91. The Balaban J connectivity index is 1.51. The van der Waals surface area contributed by atoms with Crippen molar-refractivity contribution >= 4 is 11.9 Å². The van der Waals surface area contributed by atoms with Crippen LogP contribution in [0.3, 0.4) is 0 Å². The van der Waals surface area contributed by atoms with Gasteiger partial charge in [0.05, 0.1) is 25.2 Å². The molecule has 1 aromatic carbocycles. The number of nitrogens with zero attached hydrogens (tertiary/aromatic N) is 1. The predicted octanol–water partition coefficient (Wildman–Crippen LogP) is 1.57. The molecule has 4 atom stereocenters. The van der Waals surface area contributed by atoms with Crippen molar-refractivity contribution < 1.29 is 19.1 Å². The maximum Gasteiger partial charge on any atom is 0.312 e. The lowest BCUT2D eigenvalue weighted by Gasteiger charge is -2.22. The van der Waals surface area contributed by atoms with Crippen molar-refractivity contribution in [2.45, 2.75) is 25.0 Å². The Hall–Kier alpha value is -2.14. The second kappa shape index (κ2) is 5.74. The highest BCUT2D eigenvalue weighted by Crippen LogP contribution is 2.52. The molecule has 3 aliphatic rings. The van der Waals surface area contributed by atoms with Gasteiger partial charge in [-0.2, -0.15) is 0 Å². The molecule has 0 saturated carbocycles. The van der Waals surface area contributed by atoms with Gasteiger partial charge in [0.25, 0.3) is 0 Å². The molecule has 0 aliphatic carbocycles. The second-order valence-corrected chi connectivity index (χ2v) is 6.65. The first kappa shape index (κ1) is 15.4. The first-order valence-corrected chi connectivity index (χ1v) is 8.51. The van der Waals surface area contributed by atoms with Crippen molar-refractivity contribution in [3.63, 3.8) is 0 Å². The van der Waals surface area contributed by atoms with Gasteiger partial charge in [-0.05, 0) is 18.9 Å². The minimum Gasteiger partial charge on any atom is -0.466 e. The summed E-state index contributed by atoms with van der Waals surface area (Å²) >= 11 is 0. The molecule has 3 heterocycles. The largest absolute Gasteiger partial charge is 0.466 e. The summed E-state index contributed by atoms with van der Waals surface area (Å²) in [5.41, 5.74) is 0.554. The normalized spacial score (nSPS) is 33.1. The average molecular weight is 327 g/mol. The van der Waals surface area contributed by atoms with Crippen molar-refractivity contribution in [2.75, 3.05) is 19.7 Å². The molecule has 2 bridgehead atoms. The van der Waals surface area contributed by atoms with Gasteiger partial charge >= 0.3 is 5.97 Å². The fourth-order valence-electron chi connectivity index (χ4n) is 4.18. The van der Waals surface area contributed by atoms with E-state index in [4.69, 9.17) is 9.47 Å². The third kappa shape index (κ3) is 2.26. The Morgan fingerprint density at radius 1 is 1.38 bits per heavy atom. The highest BCUT2D eigenvalue weighted by Gasteiger charge is 2.67. The molecule has 2 saturated heterocycles. The molecule has 1 spiro atoms. The zero-order valence-electron chi connectivity index (χ0n) is 13.7. The quantitative estimate of drug-likeness (QED) is 0.608. The maximum atomic E-state index is 12.9. The fourth-order valence-corrected chi connectivity index (χ4v) is 4.18. The average Bonchev–Trinajstić information content (AvgIpc) is 3.22. The van der Waals surface area contributed by atoms with Crippen molar-refractivity contribution in [1.82, 2.24) is 4.90 Å². The van der Waals surface area contributed by atoms with Crippen molar-refractivity contribution in [2.24, 2.45) is 11.8 Å². The van der Waals surface area contributed by atoms with Gasteiger partial charge in [0.15, 0.2) is 0 Å². The van der Waals surface area contributed by atoms with Gasteiger partial charge in [-0.3, -0.25) is 9.59 Å². The van der Waals surface area contributed by atoms with Gasteiger partial charge in [-0.25, -0.2) is 0 Å². The molecule has 0 N–H and O–H groups in total. The van der Waals surface area contributed by atoms with Crippen LogP contribution in [0.25, 0.3) is 0 Å². The van der Waals surface area contributed by atoms with Gasteiger partial charge in [-0.1, -0.05) is 42.5 Å². The van der Waals surface area contributed by atoms with Crippen LogP contribution in [0.4, 0.5) is 0 Å². The van der Waals surface area contributed by atoms with Crippen molar-refractivity contribution in [3.05, 3.63) is 48.0 Å². The van der Waals surface area contributed by atoms with Crippen LogP contribution < -0.4 is 0 Å². The molecular weight excluding hydrogens is 306 g/mol. The molecule has 24 heavy (non-hydrogen) atoms. The van der Waals surface area contributed by atoms with Gasteiger partial charge < -0.3 is 14.4 Å². The lowest BCUT2D eigenvalue weighted by molar-refractivity contribution is -0.153. The van der Waals surface area contributed by atoms with Crippen LogP contribution in [0.5, 0.6) is 0 Å². The van der Waals surface area contributed by atoms with Gasteiger partial charge in [0, 0.05) is 6.54 Å². The van der Waals surface area contributed by atoms with E-state index in [9.17, 15) is 9.59 Å². The number of carbonyl (C=O) groups is 2. The summed E-state index contributed by atoms with van der Waals surface area (Å²) in [6.07, 6.45) is 4.35. The Bertz CT molecular complexity index is 686. The van der Waals surface area contributed by atoms with Crippen LogP contribution in [-0.4, -0.2) is 48.2 Å². The second-order valence-electron chi connectivity index (χ2n) is 6.65. The standard InChI is InChI=1S/C19H21NO4/c1-2-23-18(22)15-14-8-10-19(24-14)12-20(17(21)16(15)19)11-9-13-6-4-3-5-7-13/h3-8,10,14-16H,2,9,11-12H2,1H3/t14-,15?,16-,19?/m1/s1. The third-order valence-corrected chi connectivity index (χ3v) is 5.25. The molecule has 0 radical (unpaired) electrons. The van der Waals surface area contributed by atoms with E-state index in [0.717, 1.165) is 6.42 Å². The fraction of sp³-hybridized carbons (Fsp3) is 0.474. The summed E-state index contributed by atoms with van der Waals surface area (Å²) < 4.78 is 11.2. The molecule has 4 rings (SSSR count). The molecule has 1 amide bonds. The number of esters is 1. The Kier molecular flexibility index (Phi) is 3.68. The van der Waals surface area contributed by atoms with Crippen LogP contribution in [0.15, 0.2) is 42.5 Å². The molecule has 2 fully saturated rings. The first-order valence-electron chi connectivity index (χ1n) is 8.51. The van der Waals surface area contributed by atoms with Gasteiger partial charge in [0.2, 0.25) is 5.91 Å². The van der Waals surface area contributed by atoms with Crippen molar-refractivity contribution in [3.8, 4) is 0 Å². The summed E-state index contributed by atoms with van der Waals surface area (Å²) in [6, 6.07) is 10.1. The van der Waals surface area contributed by atoms with Crippen LogP contribution in [0.2, 0.25) is 0 Å². The summed E-state index contributed by atoms with van der Waals surface area (Å²) in [4.78, 5) is 27.0. The van der Waals surface area contributed by atoms with E-state index < -0.39 is 17.4 Å². The summed E-state index contributed by atoms with van der Waals surface area (Å²) in [7, 11) is 0. The molecule has 5 heteroatoms. The number of rotatable bonds is 5. The minimum atomic E-state index is -0.643. The van der Waals surface area contributed by atoms with Crippen LogP contribution in [0, 0.1) is 11.8 Å². The number of likely N-dealkylation sites (tertiary alicyclic amines) is 1. The molecular formula is C19H21NO4. The van der Waals surface area contributed by atoms with E-state index in [1.54, 1.807) is 6.92 Å². The number of benzene rings is 1. The first-order chi connectivity index (χ1) is 11.6. The predicted molar refractivity (Wildman–Crippen MR) is 87.1 cm³/mol. The summed E-state index contributed by atoms with van der Waals surface area (Å²) in [5.74, 6) is -1.26. The molecule has 3 aliphatic heterocycles. The molecule has 0 aromatic heterocycles. The number of hydrogen-bond donors (Lipinski definition) is 0. The monoisotopic (exact) mass is 327 g/mol. The third-order valence-electron chi connectivity index (χ3n) is 5.25.